The summed E-state index contributed by atoms with van der Waals surface area (Å²) >= 11 is 0. The van der Waals surface area contributed by atoms with Crippen LogP contribution in [0.15, 0.2) is 0 Å². The number of rotatable bonds is 3. The predicted molar refractivity (Wildman–Crippen MR) is 68.1 cm³/mol. The van der Waals surface area contributed by atoms with E-state index >= 15 is 0 Å². The van der Waals surface area contributed by atoms with E-state index in [0.717, 1.165) is 26.2 Å². The summed E-state index contributed by atoms with van der Waals surface area (Å²) in [6.07, 6.45) is -0.474. The fourth-order valence-corrected chi connectivity index (χ4v) is 1.74. The number of carbonyl (C=O) groups is 1. The summed E-state index contributed by atoms with van der Waals surface area (Å²) < 4.78 is 5.13. The standard InChI is InChI=1S/C12H22N4O2/c1-12(2,3)18-11(17)15-9-10(8-13)16-6-4-14-5-7-16/h10,14H,4-7,9H2,1-3H3,(H,15,17). The lowest BCUT2D eigenvalue weighted by molar-refractivity contribution is 0.0513. The van der Waals surface area contributed by atoms with Crippen LogP contribution in [0.25, 0.3) is 0 Å². The molecule has 0 aromatic heterocycles. The molecule has 0 saturated carbocycles. The van der Waals surface area contributed by atoms with Crippen molar-refractivity contribution in [3.8, 4) is 6.07 Å². The van der Waals surface area contributed by atoms with Crippen LogP contribution >= 0.6 is 0 Å². The summed E-state index contributed by atoms with van der Waals surface area (Å²) in [7, 11) is 0. The Kier molecular flexibility index (Phi) is 5.38. The summed E-state index contributed by atoms with van der Waals surface area (Å²) in [6, 6.07) is 1.93. The Balaban J connectivity index is 2.35. The Labute approximate surface area is 108 Å². The minimum absolute atomic E-state index is 0.292. The molecule has 18 heavy (non-hydrogen) atoms. The monoisotopic (exact) mass is 254 g/mol. The van der Waals surface area contributed by atoms with Crippen LogP contribution in [0, 0.1) is 11.3 Å². The van der Waals surface area contributed by atoms with Crippen LogP contribution in [0.3, 0.4) is 0 Å². The van der Waals surface area contributed by atoms with Gasteiger partial charge in [-0.05, 0) is 20.8 Å². The van der Waals surface area contributed by atoms with Crippen molar-refractivity contribution in [1.82, 2.24) is 15.5 Å². The first-order valence-corrected chi connectivity index (χ1v) is 6.23. The van der Waals surface area contributed by atoms with Crippen molar-refractivity contribution in [2.24, 2.45) is 0 Å². The molecule has 1 rings (SSSR count). The van der Waals surface area contributed by atoms with Gasteiger partial charge in [0.05, 0.1) is 6.07 Å². The smallest absolute Gasteiger partial charge is 0.407 e. The number of hydrogen-bond acceptors (Lipinski definition) is 5. The molecule has 6 heteroatoms. The zero-order valence-electron chi connectivity index (χ0n) is 11.3. The zero-order chi connectivity index (χ0) is 13.6. The van der Waals surface area contributed by atoms with E-state index in [0.29, 0.717) is 6.54 Å². The molecule has 0 bridgehead atoms. The fourth-order valence-electron chi connectivity index (χ4n) is 1.74. The van der Waals surface area contributed by atoms with Gasteiger partial charge in [-0.15, -0.1) is 0 Å². The summed E-state index contributed by atoms with van der Waals surface area (Å²) in [5.74, 6) is 0. The number of carbonyl (C=O) groups excluding carboxylic acids is 1. The number of nitrogens with zero attached hydrogens (tertiary/aromatic N) is 2. The molecule has 2 N–H and O–H groups in total. The first-order valence-electron chi connectivity index (χ1n) is 6.23. The van der Waals surface area contributed by atoms with Crippen LogP contribution in [0.5, 0.6) is 0 Å². The van der Waals surface area contributed by atoms with Gasteiger partial charge in [0.15, 0.2) is 0 Å². The Morgan fingerprint density at radius 2 is 2.11 bits per heavy atom. The average Bonchev–Trinajstić information content (AvgIpc) is 2.29. The number of hydrogen-bond donors (Lipinski definition) is 2. The van der Waals surface area contributed by atoms with E-state index in [1.807, 2.05) is 20.8 Å². The van der Waals surface area contributed by atoms with Crippen LogP contribution in [-0.4, -0.2) is 55.4 Å². The third-order valence-corrected chi connectivity index (χ3v) is 2.58. The van der Waals surface area contributed by atoms with Crippen LogP contribution in [-0.2, 0) is 4.74 Å². The van der Waals surface area contributed by atoms with Crippen molar-refractivity contribution in [2.75, 3.05) is 32.7 Å². The molecule has 1 unspecified atom stereocenters. The number of amides is 1. The van der Waals surface area contributed by atoms with Gasteiger partial charge in [-0.1, -0.05) is 0 Å². The Morgan fingerprint density at radius 3 is 2.61 bits per heavy atom. The van der Waals surface area contributed by atoms with Crippen molar-refractivity contribution in [3.63, 3.8) is 0 Å². The van der Waals surface area contributed by atoms with E-state index in [-0.39, 0.29) is 6.04 Å². The molecular formula is C12H22N4O2. The molecule has 1 saturated heterocycles. The average molecular weight is 254 g/mol. The van der Waals surface area contributed by atoms with E-state index in [1.165, 1.54) is 0 Å². The summed E-state index contributed by atoms with van der Waals surface area (Å²) in [6.45, 7) is 9.14. The second-order valence-corrected chi connectivity index (χ2v) is 5.31. The van der Waals surface area contributed by atoms with Crippen molar-refractivity contribution < 1.29 is 9.53 Å². The summed E-state index contributed by atoms with van der Waals surface area (Å²) in [5, 5.41) is 15.0. The number of alkyl carbamates (subject to hydrolysis) is 1. The number of piperazine rings is 1. The van der Waals surface area contributed by atoms with Gasteiger partial charge in [0.1, 0.15) is 11.6 Å². The van der Waals surface area contributed by atoms with Gasteiger partial charge in [-0.25, -0.2) is 4.79 Å². The minimum Gasteiger partial charge on any atom is -0.444 e. The third kappa shape index (κ3) is 5.34. The highest BCUT2D eigenvalue weighted by Gasteiger charge is 2.22. The van der Waals surface area contributed by atoms with E-state index in [2.05, 4.69) is 21.6 Å². The van der Waals surface area contributed by atoms with Crippen molar-refractivity contribution in [1.29, 1.82) is 5.26 Å². The zero-order valence-corrected chi connectivity index (χ0v) is 11.3. The van der Waals surface area contributed by atoms with Gasteiger partial charge in [-0.3, -0.25) is 4.90 Å². The lowest BCUT2D eigenvalue weighted by atomic mass is 10.2. The van der Waals surface area contributed by atoms with E-state index < -0.39 is 11.7 Å². The molecule has 0 aromatic carbocycles. The Morgan fingerprint density at radius 1 is 1.50 bits per heavy atom. The largest absolute Gasteiger partial charge is 0.444 e. The number of nitrogens with one attached hydrogen (secondary N) is 2. The Bertz CT molecular complexity index is 313. The summed E-state index contributed by atoms with van der Waals surface area (Å²) in [4.78, 5) is 13.6. The highest BCUT2D eigenvalue weighted by molar-refractivity contribution is 5.67. The Hall–Kier alpha value is -1.32. The molecular weight excluding hydrogens is 232 g/mol. The van der Waals surface area contributed by atoms with E-state index in [1.54, 1.807) is 0 Å². The molecule has 1 fully saturated rings. The molecule has 6 nitrogen and oxygen atoms in total. The van der Waals surface area contributed by atoms with Crippen molar-refractivity contribution in [3.05, 3.63) is 0 Å². The quantitative estimate of drug-likeness (QED) is 0.758. The molecule has 0 aliphatic carbocycles. The molecule has 1 heterocycles. The molecule has 1 atom stereocenters. The lowest BCUT2D eigenvalue weighted by Gasteiger charge is -2.31. The topological polar surface area (TPSA) is 77.4 Å². The summed E-state index contributed by atoms with van der Waals surface area (Å²) in [5.41, 5.74) is -0.513. The normalized spacial score (nSPS) is 18.8. The van der Waals surface area contributed by atoms with Gasteiger partial charge in [0.2, 0.25) is 0 Å². The highest BCUT2D eigenvalue weighted by atomic mass is 16.6. The van der Waals surface area contributed by atoms with Crippen LogP contribution in [0.4, 0.5) is 4.79 Å². The molecule has 0 radical (unpaired) electrons. The second kappa shape index (κ2) is 6.57. The molecule has 1 aliphatic heterocycles. The molecule has 102 valence electrons. The fraction of sp³-hybridized carbons (Fsp3) is 0.833. The van der Waals surface area contributed by atoms with Crippen molar-refractivity contribution >= 4 is 6.09 Å². The van der Waals surface area contributed by atoms with Crippen molar-refractivity contribution in [2.45, 2.75) is 32.4 Å². The number of nitriles is 1. The van der Waals surface area contributed by atoms with Gasteiger partial charge in [0.25, 0.3) is 0 Å². The lowest BCUT2D eigenvalue weighted by Crippen LogP contribution is -2.51. The van der Waals surface area contributed by atoms with Crippen LogP contribution < -0.4 is 10.6 Å². The van der Waals surface area contributed by atoms with E-state index in [4.69, 9.17) is 10.00 Å². The van der Waals surface area contributed by atoms with E-state index in [9.17, 15) is 4.79 Å². The molecule has 1 aliphatic rings. The first-order chi connectivity index (χ1) is 8.42. The van der Waals surface area contributed by atoms with Crippen LogP contribution in [0.2, 0.25) is 0 Å². The molecule has 1 amide bonds. The third-order valence-electron chi connectivity index (χ3n) is 2.58. The SMILES string of the molecule is CC(C)(C)OC(=O)NCC(C#N)N1CCNCC1. The highest BCUT2D eigenvalue weighted by Crippen LogP contribution is 2.06. The maximum absolute atomic E-state index is 11.5. The molecule has 0 aromatic rings. The number of ether oxygens (including phenoxy) is 1. The maximum atomic E-state index is 11.5. The van der Waals surface area contributed by atoms with Gasteiger partial charge < -0.3 is 15.4 Å². The van der Waals surface area contributed by atoms with Crippen LogP contribution in [0.1, 0.15) is 20.8 Å². The first kappa shape index (κ1) is 14.7. The maximum Gasteiger partial charge on any atom is 0.407 e. The minimum atomic E-state index is -0.513. The van der Waals surface area contributed by atoms with Gasteiger partial charge in [-0.2, -0.15) is 5.26 Å². The molecule has 0 spiro atoms. The van der Waals surface area contributed by atoms with Gasteiger partial charge >= 0.3 is 6.09 Å². The second-order valence-electron chi connectivity index (χ2n) is 5.31. The van der Waals surface area contributed by atoms with Gasteiger partial charge in [0, 0.05) is 32.7 Å². The predicted octanol–water partition coefficient (Wildman–Crippen LogP) is 0.308.